The second kappa shape index (κ2) is 10.0. The van der Waals surface area contributed by atoms with E-state index < -0.39 is 0 Å². The molecule has 192 valence electrons. The topological polar surface area (TPSA) is 71.1 Å². The zero-order valence-corrected chi connectivity index (χ0v) is 21.7. The number of hydrogen-bond donors (Lipinski definition) is 0. The Hall–Kier alpha value is -4.46. The third-order valence-electron chi connectivity index (χ3n) is 7.13. The maximum atomic E-state index is 5.72. The molecule has 6 aliphatic rings. The van der Waals surface area contributed by atoms with Gasteiger partial charge in [-0.25, -0.2) is 20.0 Å². The summed E-state index contributed by atoms with van der Waals surface area (Å²) in [5.41, 5.74) is 10.2. The zero-order valence-electron chi connectivity index (χ0n) is 21.7. The predicted octanol–water partition coefficient (Wildman–Crippen LogP) is 4.95. The van der Waals surface area contributed by atoms with E-state index in [1.807, 2.05) is 60.8 Å². The molecule has 0 amide bonds. The Labute approximate surface area is 227 Å². The smallest absolute Gasteiger partial charge is 0.123 e. The Bertz CT molecular complexity index is 1630. The van der Waals surface area contributed by atoms with Gasteiger partial charge in [0, 0.05) is 30.8 Å². The monoisotopic (exact) mass is 513 g/mol. The van der Waals surface area contributed by atoms with Gasteiger partial charge in [0.1, 0.15) is 5.75 Å². The molecule has 1 aromatic carbocycles. The standard InChI is InChI=1S/C32H27N5O2/c1-38-32-9-2-21(14-22(32)20-37-10-12-39-13-11-37)30-18-29-17-27-6-5-25(34-27)15-23-3-4-24(33-23)16-26-7-8-28(35-26)19-31(30)36-29/h2-9,14-19H,10-13,20H2,1H3. The number of nitrogens with zero attached hydrogens (tertiary/aromatic N) is 5. The summed E-state index contributed by atoms with van der Waals surface area (Å²) < 4.78 is 11.3. The van der Waals surface area contributed by atoms with Crippen LogP contribution in [0.1, 0.15) is 11.1 Å². The largest absolute Gasteiger partial charge is 0.496 e. The van der Waals surface area contributed by atoms with Gasteiger partial charge in [-0.15, -0.1) is 0 Å². The number of fused-ring (bicyclic) bond motifs is 4. The van der Waals surface area contributed by atoms with Crippen molar-refractivity contribution in [2.45, 2.75) is 6.54 Å². The van der Waals surface area contributed by atoms with E-state index in [0.717, 1.165) is 101 Å². The van der Waals surface area contributed by atoms with Crippen LogP contribution in [0, 0.1) is 0 Å². The summed E-state index contributed by atoms with van der Waals surface area (Å²) in [7, 11) is 1.73. The van der Waals surface area contributed by atoms with Crippen LogP contribution < -0.4 is 4.74 Å². The van der Waals surface area contributed by atoms with E-state index in [-0.39, 0.29) is 0 Å². The van der Waals surface area contributed by atoms with Crippen LogP contribution in [0.3, 0.4) is 0 Å². The summed E-state index contributed by atoms with van der Waals surface area (Å²) in [6, 6.07) is 6.38. The lowest BCUT2D eigenvalue weighted by atomic mass is 9.99. The van der Waals surface area contributed by atoms with Gasteiger partial charge < -0.3 is 9.47 Å². The van der Waals surface area contributed by atoms with Gasteiger partial charge in [0.25, 0.3) is 0 Å². The summed E-state index contributed by atoms with van der Waals surface area (Å²) in [4.78, 5) is 21.7. The number of methoxy groups -OCH3 is 1. The number of ether oxygens (including phenoxy) is 2. The van der Waals surface area contributed by atoms with E-state index in [1.165, 1.54) is 0 Å². The fourth-order valence-corrected chi connectivity index (χ4v) is 5.20. The number of aliphatic imine (C=N–C) groups is 4. The molecule has 0 radical (unpaired) electrons. The molecule has 0 atom stereocenters. The van der Waals surface area contributed by atoms with Crippen LogP contribution in [-0.2, 0) is 11.3 Å². The highest BCUT2D eigenvalue weighted by molar-refractivity contribution is 6.19. The van der Waals surface area contributed by atoms with E-state index in [4.69, 9.17) is 29.4 Å². The van der Waals surface area contributed by atoms with Crippen LogP contribution >= 0.6 is 0 Å². The molecule has 0 aliphatic carbocycles. The lowest BCUT2D eigenvalue weighted by molar-refractivity contribution is 0.0339. The lowest BCUT2D eigenvalue weighted by Crippen LogP contribution is -2.35. The molecular weight excluding hydrogens is 486 g/mol. The molecule has 1 aromatic rings. The molecule has 6 aliphatic heterocycles. The molecule has 7 heteroatoms. The fourth-order valence-electron chi connectivity index (χ4n) is 5.20. The van der Waals surface area contributed by atoms with Crippen LogP contribution in [0.2, 0.25) is 0 Å². The average Bonchev–Trinajstić information content (AvgIpc) is 3.75. The first kappa shape index (κ1) is 23.6. The molecule has 1 saturated heterocycles. The van der Waals surface area contributed by atoms with Gasteiger partial charge in [-0.05, 0) is 84.5 Å². The minimum atomic E-state index is 0.761. The predicted molar refractivity (Wildman–Crippen MR) is 157 cm³/mol. The molecule has 7 rings (SSSR count). The van der Waals surface area contributed by atoms with Crippen LogP contribution in [0.15, 0.2) is 128 Å². The fraction of sp³-hybridized carbons (Fsp3) is 0.188. The van der Waals surface area contributed by atoms with E-state index in [2.05, 4.69) is 29.2 Å². The number of allylic oxidation sites excluding steroid dienone is 12. The highest BCUT2D eigenvalue weighted by atomic mass is 16.5. The van der Waals surface area contributed by atoms with Gasteiger partial charge in [0.2, 0.25) is 0 Å². The first-order valence-electron chi connectivity index (χ1n) is 13.1. The molecular formula is C32H27N5O2. The number of morpholine rings is 1. The van der Waals surface area contributed by atoms with Crippen molar-refractivity contribution >= 4 is 28.4 Å². The van der Waals surface area contributed by atoms with E-state index >= 15 is 0 Å². The molecule has 7 nitrogen and oxygen atoms in total. The van der Waals surface area contributed by atoms with Crippen molar-refractivity contribution in [3.8, 4) is 5.75 Å². The summed E-state index contributed by atoms with van der Waals surface area (Å²) in [5, 5.41) is 0. The number of hydrogen-bond acceptors (Lipinski definition) is 7. The Morgan fingerprint density at radius 2 is 1.33 bits per heavy atom. The molecule has 0 saturated carbocycles. The Morgan fingerprint density at radius 1 is 0.718 bits per heavy atom. The zero-order chi connectivity index (χ0) is 26.2. The highest BCUT2D eigenvalue weighted by Crippen LogP contribution is 2.34. The van der Waals surface area contributed by atoms with Gasteiger partial charge >= 0.3 is 0 Å². The molecule has 0 aromatic heterocycles. The minimum Gasteiger partial charge on any atom is -0.496 e. The summed E-state index contributed by atoms with van der Waals surface area (Å²) in [6.45, 7) is 4.16. The molecule has 8 bridgehead atoms. The Morgan fingerprint density at radius 3 is 1.97 bits per heavy atom. The van der Waals surface area contributed by atoms with Gasteiger partial charge in [0.05, 0.1) is 66.0 Å². The highest BCUT2D eigenvalue weighted by Gasteiger charge is 2.20. The number of rotatable bonds is 4. The normalized spacial score (nSPS) is 21.5. The molecule has 1 fully saturated rings. The second-order valence-corrected chi connectivity index (χ2v) is 9.86. The molecule has 6 heterocycles. The summed E-state index contributed by atoms with van der Waals surface area (Å²) in [6.07, 6.45) is 22.2. The third kappa shape index (κ3) is 5.02. The van der Waals surface area contributed by atoms with Gasteiger partial charge in [-0.2, -0.15) is 0 Å². The maximum Gasteiger partial charge on any atom is 0.123 e. The van der Waals surface area contributed by atoms with E-state index in [0.29, 0.717) is 0 Å². The van der Waals surface area contributed by atoms with Crippen molar-refractivity contribution < 1.29 is 9.47 Å². The summed E-state index contributed by atoms with van der Waals surface area (Å²) in [5.74, 6) is 0.888. The van der Waals surface area contributed by atoms with Crippen molar-refractivity contribution in [1.82, 2.24) is 4.90 Å². The quantitative estimate of drug-likeness (QED) is 0.572. The molecule has 0 spiro atoms. The Balaban J connectivity index is 1.29. The van der Waals surface area contributed by atoms with Crippen molar-refractivity contribution in [2.24, 2.45) is 20.0 Å². The maximum absolute atomic E-state index is 5.72. The molecule has 39 heavy (non-hydrogen) atoms. The van der Waals surface area contributed by atoms with Gasteiger partial charge in [-0.1, -0.05) is 6.07 Å². The third-order valence-corrected chi connectivity index (χ3v) is 7.13. The minimum absolute atomic E-state index is 0.761. The van der Waals surface area contributed by atoms with E-state index in [9.17, 15) is 0 Å². The van der Waals surface area contributed by atoms with Gasteiger partial charge in [-0.3, -0.25) is 4.90 Å². The van der Waals surface area contributed by atoms with Crippen molar-refractivity contribution in [2.75, 3.05) is 33.4 Å². The molecule has 0 N–H and O–H groups in total. The SMILES string of the molecule is COc1ccc(C2=CC3=NC2=CC2=NC(=CC4=NC(=CC5=NC(=C3)C=C5)C=C4)C=C2)cc1CN1CCOCC1. The first-order chi connectivity index (χ1) is 19.2. The second-order valence-electron chi connectivity index (χ2n) is 9.86. The van der Waals surface area contributed by atoms with Crippen molar-refractivity contribution in [3.05, 3.63) is 119 Å². The lowest BCUT2D eigenvalue weighted by Gasteiger charge is -2.27. The first-order valence-corrected chi connectivity index (χ1v) is 13.1. The van der Waals surface area contributed by atoms with Crippen LogP contribution in [-0.4, -0.2) is 61.2 Å². The average molecular weight is 514 g/mol. The Kier molecular flexibility index (Phi) is 6.07. The van der Waals surface area contributed by atoms with Crippen LogP contribution in [0.25, 0.3) is 5.57 Å². The molecule has 0 unspecified atom stereocenters. The number of benzene rings is 1. The van der Waals surface area contributed by atoms with E-state index in [1.54, 1.807) is 7.11 Å². The van der Waals surface area contributed by atoms with Crippen LogP contribution in [0.5, 0.6) is 5.75 Å². The van der Waals surface area contributed by atoms with Crippen molar-refractivity contribution in [3.63, 3.8) is 0 Å². The van der Waals surface area contributed by atoms with Gasteiger partial charge in [0.15, 0.2) is 0 Å². The van der Waals surface area contributed by atoms with Crippen molar-refractivity contribution in [1.29, 1.82) is 0 Å². The van der Waals surface area contributed by atoms with Crippen LogP contribution in [0.4, 0.5) is 0 Å². The summed E-state index contributed by atoms with van der Waals surface area (Å²) >= 11 is 0.